The van der Waals surface area contributed by atoms with Crippen molar-refractivity contribution in [3.8, 4) is 5.75 Å². The molecule has 94 valence electrons. The van der Waals surface area contributed by atoms with Gasteiger partial charge in [0.25, 0.3) is 0 Å². The molecule has 0 saturated heterocycles. The van der Waals surface area contributed by atoms with E-state index in [0.29, 0.717) is 12.5 Å². The molecule has 0 heterocycles. The zero-order valence-corrected chi connectivity index (χ0v) is 10.8. The van der Waals surface area contributed by atoms with Crippen LogP contribution >= 0.6 is 0 Å². The van der Waals surface area contributed by atoms with Gasteiger partial charge in [0.15, 0.2) is 0 Å². The van der Waals surface area contributed by atoms with E-state index in [1.807, 2.05) is 31.2 Å². The molecule has 2 atom stereocenters. The topological polar surface area (TPSA) is 29.5 Å². The third-order valence-electron chi connectivity index (χ3n) is 3.94. The van der Waals surface area contributed by atoms with Crippen LogP contribution in [-0.2, 0) is 5.60 Å². The minimum Gasteiger partial charge on any atom is -0.494 e. The zero-order chi connectivity index (χ0) is 12.3. The standard InChI is InChI=1S/C15H22O2/c1-3-12-6-5-11-15(12,16)13-7-9-14(10-8-13)17-4-2/h7-10,12,16H,3-6,11H2,1-2H3. The molecule has 0 radical (unpaired) electrons. The van der Waals surface area contributed by atoms with E-state index >= 15 is 0 Å². The van der Waals surface area contributed by atoms with Crippen LogP contribution in [-0.4, -0.2) is 11.7 Å². The van der Waals surface area contributed by atoms with Crippen LogP contribution in [0.3, 0.4) is 0 Å². The fourth-order valence-electron chi connectivity index (χ4n) is 2.99. The number of hydrogen-bond acceptors (Lipinski definition) is 2. The number of ether oxygens (including phenoxy) is 1. The molecule has 2 unspecified atom stereocenters. The molecule has 17 heavy (non-hydrogen) atoms. The maximum absolute atomic E-state index is 10.8. The maximum atomic E-state index is 10.8. The second kappa shape index (κ2) is 5.09. The zero-order valence-electron chi connectivity index (χ0n) is 10.8. The molecular formula is C15H22O2. The fraction of sp³-hybridized carbons (Fsp3) is 0.600. The van der Waals surface area contributed by atoms with E-state index < -0.39 is 5.60 Å². The lowest BCUT2D eigenvalue weighted by molar-refractivity contribution is -0.00390. The van der Waals surface area contributed by atoms with Gasteiger partial charge in [0, 0.05) is 0 Å². The van der Waals surface area contributed by atoms with Gasteiger partial charge < -0.3 is 9.84 Å². The van der Waals surface area contributed by atoms with Crippen molar-refractivity contribution in [2.75, 3.05) is 6.61 Å². The molecule has 0 aliphatic heterocycles. The molecule has 1 N–H and O–H groups in total. The van der Waals surface area contributed by atoms with Gasteiger partial charge in [-0.3, -0.25) is 0 Å². The molecule has 2 nitrogen and oxygen atoms in total. The lowest BCUT2D eigenvalue weighted by Crippen LogP contribution is -2.29. The summed E-state index contributed by atoms with van der Waals surface area (Å²) >= 11 is 0. The van der Waals surface area contributed by atoms with Gasteiger partial charge in [-0.1, -0.05) is 25.5 Å². The van der Waals surface area contributed by atoms with Crippen molar-refractivity contribution in [2.45, 2.75) is 45.1 Å². The molecule has 1 saturated carbocycles. The molecular weight excluding hydrogens is 212 g/mol. The summed E-state index contributed by atoms with van der Waals surface area (Å²) in [4.78, 5) is 0. The molecule has 2 heteroatoms. The van der Waals surface area contributed by atoms with Crippen LogP contribution in [0.2, 0.25) is 0 Å². The van der Waals surface area contributed by atoms with Crippen LogP contribution in [0.4, 0.5) is 0 Å². The fourth-order valence-corrected chi connectivity index (χ4v) is 2.99. The van der Waals surface area contributed by atoms with Gasteiger partial charge in [-0.2, -0.15) is 0 Å². The average molecular weight is 234 g/mol. The van der Waals surface area contributed by atoms with Crippen LogP contribution in [0.25, 0.3) is 0 Å². The quantitative estimate of drug-likeness (QED) is 0.864. The Labute approximate surface area is 104 Å². The Kier molecular flexibility index (Phi) is 3.72. The third kappa shape index (κ3) is 2.32. The summed E-state index contributed by atoms with van der Waals surface area (Å²) in [6.45, 7) is 4.82. The minimum absolute atomic E-state index is 0.403. The molecule has 2 rings (SSSR count). The highest BCUT2D eigenvalue weighted by Gasteiger charge is 2.41. The van der Waals surface area contributed by atoms with Gasteiger partial charge in [-0.15, -0.1) is 0 Å². The van der Waals surface area contributed by atoms with Crippen molar-refractivity contribution in [1.82, 2.24) is 0 Å². The van der Waals surface area contributed by atoms with Crippen LogP contribution in [0.5, 0.6) is 5.75 Å². The maximum Gasteiger partial charge on any atom is 0.119 e. The first-order valence-corrected chi connectivity index (χ1v) is 6.66. The van der Waals surface area contributed by atoms with E-state index in [-0.39, 0.29) is 0 Å². The molecule has 1 aliphatic carbocycles. The monoisotopic (exact) mass is 234 g/mol. The number of benzene rings is 1. The van der Waals surface area contributed by atoms with Crippen molar-refractivity contribution < 1.29 is 9.84 Å². The Morgan fingerprint density at radius 2 is 2.00 bits per heavy atom. The van der Waals surface area contributed by atoms with Crippen LogP contribution in [0.15, 0.2) is 24.3 Å². The first kappa shape index (κ1) is 12.4. The van der Waals surface area contributed by atoms with E-state index in [4.69, 9.17) is 4.74 Å². The van der Waals surface area contributed by atoms with Crippen molar-refractivity contribution in [1.29, 1.82) is 0 Å². The summed E-state index contributed by atoms with van der Waals surface area (Å²) in [5, 5.41) is 10.8. The SMILES string of the molecule is CCOc1ccc(C2(O)CCCC2CC)cc1. The minimum atomic E-state index is -0.612. The number of hydrogen-bond donors (Lipinski definition) is 1. The van der Waals surface area contributed by atoms with Crippen molar-refractivity contribution in [3.63, 3.8) is 0 Å². The highest BCUT2D eigenvalue weighted by atomic mass is 16.5. The molecule has 1 aliphatic rings. The summed E-state index contributed by atoms with van der Waals surface area (Å²) in [5.74, 6) is 1.28. The molecule has 0 amide bonds. The molecule has 1 aromatic carbocycles. The Hall–Kier alpha value is -1.02. The summed E-state index contributed by atoms with van der Waals surface area (Å²) in [6.07, 6.45) is 4.20. The van der Waals surface area contributed by atoms with E-state index in [9.17, 15) is 5.11 Å². The second-order valence-corrected chi connectivity index (χ2v) is 4.88. The van der Waals surface area contributed by atoms with Gasteiger partial charge in [0.05, 0.1) is 12.2 Å². The first-order chi connectivity index (χ1) is 8.20. The third-order valence-corrected chi connectivity index (χ3v) is 3.94. The smallest absolute Gasteiger partial charge is 0.119 e. The number of rotatable bonds is 4. The normalized spacial score (nSPS) is 28.3. The van der Waals surface area contributed by atoms with E-state index in [2.05, 4.69) is 6.92 Å². The van der Waals surface area contributed by atoms with Crippen molar-refractivity contribution >= 4 is 0 Å². The lowest BCUT2D eigenvalue weighted by atomic mass is 9.82. The van der Waals surface area contributed by atoms with Crippen LogP contribution < -0.4 is 4.74 Å². The highest BCUT2D eigenvalue weighted by Crippen LogP contribution is 2.45. The molecule has 0 spiro atoms. The summed E-state index contributed by atoms with van der Waals surface area (Å²) < 4.78 is 5.43. The van der Waals surface area contributed by atoms with E-state index in [1.54, 1.807) is 0 Å². The van der Waals surface area contributed by atoms with Gasteiger partial charge in [-0.05, 0) is 49.8 Å². The second-order valence-electron chi connectivity index (χ2n) is 4.88. The van der Waals surface area contributed by atoms with Gasteiger partial charge in [-0.25, -0.2) is 0 Å². The summed E-state index contributed by atoms with van der Waals surface area (Å²) in [7, 11) is 0. The van der Waals surface area contributed by atoms with Crippen LogP contribution in [0.1, 0.15) is 45.1 Å². The molecule has 1 fully saturated rings. The lowest BCUT2D eigenvalue weighted by Gasteiger charge is -2.30. The molecule has 0 aromatic heterocycles. The molecule has 1 aromatic rings. The van der Waals surface area contributed by atoms with Crippen molar-refractivity contribution in [2.24, 2.45) is 5.92 Å². The van der Waals surface area contributed by atoms with Crippen LogP contribution in [0, 0.1) is 5.92 Å². The average Bonchev–Trinajstić information content (AvgIpc) is 2.73. The first-order valence-electron chi connectivity index (χ1n) is 6.66. The van der Waals surface area contributed by atoms with Crippen molar-refractivity contribution in [3.05, 3.63) is 29.8 Å². The Bertz CT molecular complexity index is 358. The van der Waals surface area contributed by atoms with E-state index in [0.717, 1.165) is 37.0 Å². The van der Waals surface area contributed by atoms with E-state index in [1.165, 1.54) is 0 Å². The Morgan fingerprint density at radius 3 is 2.59 bits per heavy atom. The van der Waals surface area contributed by atoms with Gasteiger partial charge in [0.2, 0.25) is 0 Å². The Morgan fingerprint density at radius 1 is 1.29 bits per heavy atom. The highest BCUT2D eigenvalue weighted by molar-refractivity contribution is 5.32. The van der Waals surface area contributed by atoms with Gasteiger partial charge >= 0.3 is 0 Å². The predicted octanol–water partition coefficient (Wildman–Crippen LogP) is 3.48. The molecule has 0 bridgehead atoms. The summed E-state index contributed by atoms with van der Waals surface area (Å²) in [5.41, 5.74) is 0.435. The number of aliphatic hydroxyl groups is 1. The van der Waals surface area contributed by atoms with Gasteiger partial charge in [0.1, 0.15) is 5.75 Å². The largest absolute Gasteiger partial charge is 0.494 e. The predicted molar refractivity (Wildman–Crippen MR) is 69.1 cm³/mol. The summed E-state index contributed by atoms with van der Waals surface area (Å²) in [6, 6.07) is 7.95. The Balaban J connectivity index is 2.21.